The van der Waals surface area contributed by atoms with Gasteiger partial charge >= 0.3 is 0 Å². The predicted molar refractivity (Wildman–Crippen MR) is 95.6 cm³/mol. The van der Waals surface area contributed by atoms with Crippen LogP contribution in [0.3, 0.4) is 0 Å². The summed E-state index contributed by atoms with van der Waals surface area (Å²) in [6.45, 7) is 6.12. The van der Waals surface area contributed by atoms with Crippen LogP contribution < -0.4 is 20.7 Å². The molecule has 1 heterocycles. The van der Waals surface area contributed by atoms with Gasteiger partial charge in [-0.15, -0.1) is 0 Å². The third-order valence-electron chi connectivity index (χ3n) is 4.20. The summed E-state index contributed by atoms with van der Waals surface area (Å²) in [5, 5.41) is 2.73. The summed E-state index contributed by atoms with van der Waals surface area (Å²) in [5.74, 6) is 0.0599. The van der Waals surface area contributed by atoms with Crippen LogP contribution in [0.1, 0.15) is 38.8 Å². The lowest BCUT2D eigenvalue weighted by atomic mass is 10.00. The highest BCUT2D eigenvalue weighted by Crippen LogP contribution is 2.39. The summed E-state index contributed by atoms with van der Waals surface area (Å²) in [7, 11) is 1.56. The number of benzene rings is 1. The first kappa shape index (κ1) is 19.2. The molecule has 0 saturated heterocycles. The number of nitrogens with two attached hydrogens (primary N) is 1. The highest BCUT2D eigenvalue weighted by Gasteiger charge is 2.41. The highest BCUT2D eigenvalue weighted by molar-refractivity contribution is 6.05. The van der Waals surface area contributed by atoms with Crippen LogP contribution in [0.25, 0.3) is 0 Å². The lowest BCUT2D eigenvalue weighted by Gasteiger charge is -2.38. The minimum absolute atomic E-state index is 0.0762. The third kappa shape index (κ3) is 4.29. The maximum absolute atomic E-state index is 12.8. The minimum Gasteiger partial charge on any atom is -0.476 e. The molecule has 1 aromatic carbocycles. The molecule has 25 heavy (non-hydrogen) atoms. The molecule has 3 N–H and O–H groups in total. The van der Waals surface area contributed by atoms with Gasteiger partial charge in [0.2, 0.25) is 5.91 Å². The number of rotatable bonds is 7. The Labute approximate surface area is 148 Å². The van der Waals surface area contributed by atoms with Crippen LogP contribution in [0.2, 0.25) is 0 Å². The van der Waals surface area contributed by atoms with E-state index in [-0.39, 0.29) is 24.4 Å². The van der Waals surface area contributed by atoms with E-state index in [1.807, 2.05) is 25.1 Å². The van der Waals surface area contributed by atoms with Crippen LogP contribution in [0.15, 0.2) is 18.2 Å². The molecule has 1 aliphatic rings. The number of fused-ring (bicyclic) bond motifs is 1. The van der Waals surface area contributed by atoms with Crippen molar-refractivity contribution in [2.24, 2.45) is 5.73 Å². The van der Waals surface area contributed by atoms with E-state index in [4.69, 9.17) is 15.2 Å². The molecule has 1 atom stereocenters. The maximum atomic E-state index is 12.8. The first-order valence-electron chi connectivity index (χ1n) is 8.46. The lowest BCUT2D eigenvalue weighted by molar-refractivity contribution is -0.134. The van der Waals surface area contributed by atoms with Gasteiger partial charge in [0.1, 0.15) is 12.3 Å². The summed E-state index contributed by atoms with van der Waals surface area (Å²) in [4.78, 5) is 26.5. The number of carbonyl (C=O) groups is 2. The summed E-state index contributed by atoms with van der Waals surface area (Å²) in [6.07, 6.45) is 0.774. The van der Waals surface area contributed by atoms with E-state index in [9.17, 15) is 9.59 Å². The molecule has 0 bridgehead atoms. The van der Waals surface area contributed by atoms with E-state index in [0.717, 1.165) is 12.0 Å². The maximum Gasteiger partial charge on any atom is 0.271 e. The number of hydrogen-bond acceptors (Lipinski definition) is 5. The van der Waals surface area contributed by atoms with E-state index in [1.54, 1.807) is 21.0 Å². The Bertz CT molecular complexity index is 645. The van der Waals surface area contributed by atoms with Gasteiger partial charge in [0, 0.05) is 19.7 Å². The fourth-order valence-electron chi connectivity index (χ4n) is 2.70. The molecular weight excluding hydrogens is 322 g/mol. The predicted octanol–water partition coefficient (Wildman–Crippen LogP) is 1.36. The van der Waals surface area contributed by atoms with E-state index < -0.39 is 5.60 Å². The molecule has 7 heteroatoms. The van der Waals surface area contributed by atoms with Crippen molar-refractivity contribution in [3.05, 3.63) is 23.8 Å². The topological polar surface area (TPSA) is 93.9 Å². The van der Waals surface area contributed by atoms with Gasteiger partial charge in [-0.25, -0.2) is 0 Å². The second kappa shape index (κ2) is 7.84. The summed E-state index contributed by atoms with van der Waals surface area (Å²) >= 11 is 0. The fourth-order valence-corrected chi connectivity index (χ4v) is 2.70. The van der Waals surface area contributed by atoms with Crippen molar-refractivity contribution in [1.29, 1.82) is 0 Å². The number of carbonyl (C=O) groups excluding carboxylic acids is 2. The van der Waals surface area contributed by atoms with Gasteiger partial charge in [-0.3, -0.25) is 14.5 Å². The zero-order valence-corrected chi connectivity index (χ0v) is 15.3. The van der Waals surface area contributed by atoms with E-state index >= 15 is 0 Å². The molecule has 0 radical (unpaired) electrons. The lowest BCUT2D eigenvalue weighted by Crippen LogP contribution is -2.55. The number of nitrogens with zero attached hydrogens (tertiary/aromatic N) is 1. The molecule has 1 aromatic rings. The van der Waals surface area contributed by atoms with Crippen LogP contribution in [0.5, 0.6) is 5.75 Å². The van der Waals surface area contributed by atoms with Crippen LogP contribution in [0, 0.1) is 0 Å². The Hall–Kier alpha value is -2.12. The smallest absolute Gasteiger partial charge is 0.271 e. The molecule has 138 valence electrons. The minimum atomic E-state index is -1.03. The van der Waals surface area contributed by atoms with Crippen molar-refractivity contribution < 1.29 is 19.1 Å². The molecule has 1 aliphatic heterocycles. The molecule has 0 fully saturated rings. The summed E-state index contributed by atoms with van der Waals surface area (Å²) in [6, 6.07) is 5.41. The Kier molecular flexibility index (Phi) is 6.02. The number of hydrogen-bond donors (Lipinski definition) is 2. The highest BCUT2D eigenvalue weighted by atomic mass is 16.5. The van der Waals surface area contributed by atoms with Crippen LogP contribution in [-0.4, -0.2) is 44.2 Å². The molecular formula is C18H27N3O4. The van der Waals surface area contributed by atoms with Crippen molar-refractivity contribution in [2.45, 2.75) is 38.8 Å². The van der Waals surface area contributed by atoms with Gasteiger partial charge < -0.3 is 20.5 Å². The van der Waals surface area contributed by atoms with Gasteiger partial charge in [-0.05, 0) is 38.0 Å². The third-order valence-corrected chi connectivity index (χ3v) is 4.20. The molecule has 2 amide bonds. The molecule has 0 spiro atoms. The Morgan fingerprint density at radius 1 is 1.44 bits per heavy atom. The van der Waals surface area contributed by atoms with Crippen LogP contribution in [-0.2, 0) is 14.3 Å². The number of methoxy groups -OCH3 is 1. The molecule has 0 saturated carbocycles. The molecule has 7 nitrogen and oxygen atoms in total. The normalized spacial score (nSPS) is 16.8. The number of amides is 2. The van der Waals surface area contributed by atoms with Gasteiger partial charge in [0.25, 0.3) is 5.91 Å². The van der Waals surface area contributed by atoms with Gasteiger partial charge in [-0.2, -0.15) is 0 Å². The molecule has 2 rings (SSSR count). The summed E-state index contributed by atoms with van der Waals surface area (Å²) in [5.41, 5.74) is 6.55. The monoisotopic (exact) mass is 349 g/mol. The van der Waals surface area contributed by atoms with Crippen LogP contribution in [0.4, 0.5) is 5.69 Å². The zero-order chi connectivity index (χ0) is 18.6. The van der Waals surface area contributed by atoms with Crippen molar-refractivity contribution in [3.63, 3.8) is 0 Å². The van der Waals surface area contributed by atoms with Gasteiger partial charge in [0.15, 0.2) is 5.60 Å². The van der Waals surface area contributed by atoms with Crippen LogP contribution >= 0.6 is 0 Å². The first-order chi connectivity index (χ1) is 11.8. The Morgan fingerprint density at radius 3 is 2.80 bits per heavy atom. The SMILES string of the molecule is CCC(N)c1ccc2c(c1)N(CC(=O)NCCOC)C(=O)C(C)(C)O2. The second-order valence-electron chi connectivity index (χ2n) is 6.59. The van der Waals surface area contributed by atoms with Crippen molar-refractivity contribution >= 4 is 17.5 Å². The average molecular weight is 349 g/mol. The van der Waals surface area contributed by atoms with E-state index in [0.29, 0.717) is 24.6 Å². The second-order valence-corrected chi connectivity index (χ2v) is 6.59. The number of anilines is 1. The first-order valence-corrected chi connectivity index (χ1v) is 8.46. The summed E-state index contributed by atoms with van der Waals surface area (Å²) < 4.78 is 10.7. The quantitative estimate of drug-likeness (QED) is 0.725. The number of ether oxygens (including phenoxy) is 2. The van der Waals surface area contributed by atoms with Gasteiger partial charge in [-0.1, -0.05) is 13.0 Å². The van der Waals surface area contributed by atoms with E-state index in [1.165, 1.54) is 4.90 Å². The number of nitrogens with one attached hydrogen (secondary N) is 1. The Morgan fingerprint density at radius 2 is 2.16 bits per heavy atom. The standard InChI is InChI=1S/C18H27N3O4/c1-5-13(19)12-6-7-15-14(10-12)21(17(23)18(2,3)25-15)11-16(22)20-8-9-24-4/h6-7,10,13H,5,8-9,11,19H2,1-4H3,(H,20,22). The Balaban J connectivity index is 2.30. The molecule has 0 aliphatic carbocycles. The van der Waals surface area contributed by atoms with Crippen molar-refractivity contribution in [2.75, 3.05) is 31.7 Å². The molecule has 0 aromatic heterocycles. The van der Waals surface area contributed by atoms with E-state index in [2.05, 4.69) is 5.32 Å². The largest absolute Gasteiger partial charge is 0.476 e. The zero-order valence-electron chi connectivity index (χ0n) is 15.3. The molecule has 1 unspecified atom stereocenters. The average Bonchev–Trinajstić information content (AvgIpc) is 2.58. The van der Waals surface area contributed by atoms with Crippen molar-refractivity contribution in [3.8, 4) is 5.75 Å². The fraction of sp³-hybridized carbons (Fsp3) is 0.556. The van der Waals surface area contributed by atoms with Crippen molar-refractivity contribution in [1.82, 2.24) is 5.32 Å². The van der Waals surface area contributed by atoms with Gasteiger partial charge in [0.05, 0.1) is 12.3 Å².